The van der Waals surface area contributed by atoms with Crippen LogP contribution in [0.4, 0.5) is 0 Å². The first-order valence-corrected chi connectivity index (χ1v) is 5.27. The molecule has 74 valence electrons. The van der Waals surface area contributed by atoms with Crippen molar-refractivity contribution in [2.75, 3.05) is 0 Å². The highest BCUT2D eigenvalue weighted by Gasteiger charge is 2.32. The Hall–Kier alpha value is -1.46. The van der Waals surface area contributed by atoms with E-state index >= 15 is 0 Å². The number of hydrogen-bond acceptors (Lipinski definition) is 5. The highest BCUT2D eigenvalue weighted by atomic mass is 35.5. The molecule has 0 bridgehead atoms. The Balaban J connectivity index is 2.43. The lowest BCUT2D eigenvalue weighted by Gasteiger charge is -1.92. The van der Waals surface area contributed by atoms with Crippen LogP contribution in [-0.4, -0.2) is 16.9 Å². The first-order chi connectivity index (χ1) is 7.16. The molecule has 2 aromatic heterocycles. The van der Waals surface area contributed by atoms with E-state index in [4.69, 9.17) is 11.6 Å². The molecular weight excluding hydrogens is 238 g/mol. The van der Waals surface area contributed by atoms with Gasteiger partial charge in [-0.15, -0.1) is 11.3 Å². The Morgan fingerprint density at radius 1 is 1.33 bits per heavy atom. The van der Waals surface area contributed by atoms with Crippen LogP contribution in [0.5, 0.6) is 0 Å². The summed E-state index contributed by atoms with van der Waals surface area (Å²) >= 11 is 7.21. The molecule has 6 heteroatoms. The minimum absolute atomic E-state index is 0.0750. The number of nitrogens with zero attached hydrogens (tertiary/aromatic N) is 1. The van der Waals surface area contributed by atoms with Crippen LogP contribution in [0.3, 0.4) is 0 Å². The molecule has 0 N–H and O–H groups in total. The molecule has 0 amide bonds. The third-order valence-electron chi connectivity index (χ3n) is 2.12. The molecule has 0 fully saturated rings. The molecule has 0 aromatic carbocycles. The molecule has 2 aromatic rings. The van der Waals surface area contributed by atoms with E-state index in [0.29, 0.717) is 15.2 Å². The van der Waals surface area contributed by atoms with E-state index in [1.54, 1.807) is 11.4 Å². The fourth-order valence-corrected chi connectivity index (χ4v) is 2.54. The van der Waals surface area contributed by atoms with Gasteiger partial charge in [-0.1, -0.05) is 11.6 Å². The standard InChI is InChI=1S/C9H2ClNO3S/c10-5-2-15-7-3(5)1-4-6(11-7)9(13)14-8(4)12/h1-2H. The number of ether oxygens (including phenoxy) is 1. The van der Waals surface area contributed by atoms with Crippen LogP contribution in [0.1, 0.15) is 20.8 Å². The molecule has 0 saturated heterocycles. The van der Waals surface area contributed by atoms with E-state index < -0.39 is 11.9 Å². The third kappa shape index (κ3) is 1.10. The molecule has 1 aliphatic rings. The maximum absolute atomic E-state index is 11.2. The summed E-state index contributed by atoms with van der Waals surface area (Å²) in [6.07, 6.45) is 0. The number of fused-ring (bicyclic) bond motifs is 2. The summed E-state index contributed by atoms with van der Waals surface area (Å²) in [5.74, 6) is -1.35. The van der Waals surface area contributed by atoms with Crippen LogP contribution >= 0.6 is 22.9 Å². The van der Waals surface area contributed by atoms with Gasteiger partial charge < -0.3 is 4.74 Å². The number of halogens is 1. The number of thiophene rings is 1. The first kappa shape index (κ1) is 8.82. The molecule has 0 saturated carbocycles. The second-order valence-electron chi connectivity index (χ2n) is 3.00. The number of carbonyl (C=O) groups is 2. The van der Waals surface area contributed by atoms with Crippen molar-refractivity contribution in [1.82, 2.24) is 4.98 Å². The Morgan fingerprint density at radius 2 is 2.13 bits per heavy atom. The van der Waals surface area contributed by atoms with E-state index in [1.807, 2.05) is 0 Å². The van der Waals surface area contributed by atoms with Gasteiger partial charge in [0.1, 0.15) is 4.83 Å². The van der Waals surface area contributed by atoms with Crippen molar-refractivity contribution in [1.29, 1.82) is 0 Å². The van der Waals surface area contributed by atoms with Crippen molar-refractivity contribution in [2.45, 2.75) is 0 Å². The first-order valence-electron chi connectivity index (χ1n) is 4.01. The van der Waals surface area contributed by atoms with Crippen molar-refractivity contribution >= 4 is 45.1 Å². The van der Waals surface area contributed by atoms with E-state index in [0.717, 1.165) is 0 Å². The summed E-state index contributed by atoms with van der Waals surface area (Å²) < 4.78 is 4.43. The number of rotatable bonds is 0. The van der Waals surface area contributed by atoms with Crippen molar-refractivity contribution in [3.63, 3.8) is 0 Å². The van der Waals surface area contributed by atoms with Crippen LogP contribution in [-0.2, 0) is 4.74 Å². The third-order valence-corrected chi connectivity index (χ3v) is 3.45. The van der Waals surface area contributed by atoms with Gasteiger partial charge in [-0.2, -0.15) is 0 Å². The number of carbonyl (C=O) groups excluding carboxylic acids is 2. The Morgan fingerprint density at radius 3 is 2.93 bits per heavy atom. The van der Waals surface area contributed by atoms with Crippen LogP contribution in [0.2, 0.25) is 5.02 Å². The average Bonchev–Trinajstić information content (AvgIpc) is 2.70. The molecule has 15 heavy (non-hydrogen) atoms. The van der Waals surface area contributed by atoms with Crippen molar-refractivity contribution in [2.24, 2.45) is 0 Å². The summed E-state index contributed by atoms with van der Waals surface area (Å²) in [7, 11) is 0. The molecule has 3 rings (SSSR count). The SMILES string of the molecule is O=C1OC(=O)c2nc3scc(Cl)c3cc21. The second kappa shape index (κ2) is 2.77. The fraction of sp³-hybridized carbons (Fsp3) is 0. The topological polar surface area (TPSA) is 56.3 Å². The molecule has 0 aliphatic carbocycles. The lowest BCUT2D eigenvalue weighted by molar-refractivity contribution is 0.0441. The fourth-order valence-electron chi connectivity index (χ4n) is 1.43. The van der Waals surface area contributed by atoms with Gasteiger partial charge in [0.15, 0.2) is 5.69 Å². The van der Waals surface area contributed by atoms with E-state index in [-0.39, 0.29) is 11.3 Å². The van der Waals surface area contributed by atoms with Gasteiger partial charge in [0.25, 0.3) is 0 Å². The highest BCUT2D eigenvalue weighted by molar-refractivity contribution is 7.17. The zero-order chi connectivity index (χ0) is 10.6. The van der Waals surface area contributed by atoms with Crippen LogP contribution in [0.25, 0.3) is 10.2 Å². The molecule has 4 nitrogen and oxygen atoms in total. The number of pyridine rings is 1. The van der Waals surface area contributed by atoms with Crippen molar-refractivity contribution in [3.8, 4) is 0 Å². The molecule has 0 spiro atoms. The Kier molecular flexibility index (Phi) is 1.63. The van der Waals surface area contributed by atoms with E-state index in [1.165, 1.54) is 11.3 Å². The molecule has 3 heterocycles. The normalized spacial score (nSPS) is 14.5. The smallest absolute Gasteiger partial charge is 0.365 e. The van der Waals surface area contributed by atoms with Gasteiger partial charge in [-0.05, 0) is 6.07 Å². The summed E-state index contributed by atoms with van der Waals surface area (Å²) in [5, 5.41) is 2.91. The summed E-state index contributed by atoms with van der Waals surface area (Å²) in [5.41, 5.74) is 0.263. The quantitative estimate of drug-likeness (QED) is 0.523. The number of aromatic nitrogens is 1. The molecule has 0 atom stereocenters. The van der Waals surface area contributed by atoms with Crippen LogP contribution in [0, 0.1) is 0 Å². The lowest BCUT2D eigenvalue weighted by atomic mass is 10.2. The monoisotopic (exact) mass is 239 g/mol. The predicted molar refractivity (Wildman–Crippen MR) is 54.4 cm³/mol. The number of esters is 2. The van der Waals surface area contributed by atoms with Crippen molar-refractivity contribution in [3.05, 3.63) is 27.7 Å². The van der Waals surface area contributed by atoms with Gasteiger partial charge in [-0.25, -0.2) is 14.6 Å². The zero-order valence-corrected chi connectivity index (χ0v) is 8.69. The van der Waals surface area contributed by atoms with E-state index in [2.05, 4.69) is 9.72 Å². The number of hydrogen-bond donors (Lipinski definition) is 0. The van der Waals surface area contributed by atoms with Gasteiger partial charge >= 0.3 is 11.9 Å². The Bertz CT molecular complexity index is 619. The maximum atomic E-state index is 11.2. The molecular formula is C9H2ClNO3S. The van der Waals surface area contributed by atoms with Crippen LogP contribution < -0.4 is 0 Å². The molecule has 0 radical (unpaired) electrons. The van der Waals surface area contributed by atoms with Gasteiger partial charge in [0.2, 0.25) is 0 Å². The molecule has 0 unspecified atom stereocenters. The minimum atomic E-state index is -0.693. The lowest BCUT2D eigenvalue weighted by Crippen LogP contribution is -1.97. The summed E-state index contributed by atoms with van der Waals surface area (Å²) in [6, 6.07) is 1.55. The Labute approximate surface area is 92.4 Å². The largest absolute Gasteiger partial charge is 0.384 e. The number of cyclic esters (lactones) is 2. The zero-order valence-electron chi connectivity index (χ0n) is 7.11. The maximum Gasteiger partial charge on any atom is 0.365 e. The summed E-state index contributed by atoms with van der Waals surface area (Å²) in [4.78, 5) is 27.1. The van der Waals surface area contributed by atoms with E-state index in [9.17, 15) is 9.59 Å². The summed E-state index contributed by atoms with van der Waals surface area (Å²) in [6.45, 7) is 0. The minimum Gasteiger partial charge on any atom is -0.384 e. The van der Waals surface area contributed by atoms with Crippen molar-refractivity contribution < 1.29 is 14.3 Å². The second-order valence-corrected chi connectivity index (χ2v) is 4.26. The average molecular weight is 240 g/mol. The van der Waals surface area contributed by atoms with Gasteiger partial charge in [0, 0.05) is 10.8 Å². The van der Waals surface area contributed by atoms with Crippen LogP contribution in [0.15, 0.2) is 11.4 Å². The van der Waals surface area contributed by atoms with Gasteiger partial charge in [-0.3, -0.25) is 0 Å². The molecule has 1 aliphatic heterocycles. The highest BCUT2D eigenvalue weighted by Crippen LogP contribution is 2.32. The predicted octanol–water partition coefficient (Wildman–Crippen LogP) is 2.26. The van der Waals surface area contributed by atoms with Gasteiger partial charge in [0.05, 0.1) is 10.6 Å².